The predicted octanol–water partition coefficient (Wildman–Crippen LogP) is 3.39. The zero-order valence-electron chi connectivity index (χ0n) is 10.8. The van der Waals surface area contributed by atoms with Gasteiger partial charge in [0, 0.05) is 0 Å². The highest BCUT2D eigenvalue weighted by Gasteiger charge is 2.20. The van der Waals surface area contributed by atoms with E-state index in [9.17, 15) is 22.4 Å². The number of halogens is 4. The maximum atomic E-state index is 13.8. The van der Waals surface area contributed by atoms with Crippen LogP contribution in [-0.2, 0) is 0 Å². The van der Waals surface area contributed by atoms with Crippen LogP contribution in [-0.4, -0.2) is 5.91 Å². The average Bonchev–Trinajstić information content (AvgIpc) is 2.43. The molecule has 0 aromatic heterocycles. The Morgan fingerprint density at radius 2 is 1.76 bits per heavy atom. The fraction of sp³-hybridized carbons (Fsp3) is 0.0714. The van der Waals surface area contributed by atoms with Gasteiger partial charge < -0.3 is 11.1 Å². The third kappa shape index (κ3) is 2.81. The fourth-order valence-electron chi connectivity index (χ4n) is 1.73. The Hall–Kier alpha value is -2.57. The Kier molecular flexibility index (Phi) is 3.84. The molecular formula is C14H10F4N2O. The van der Waals surface area contributed by atoms with E-state index in [2.05, 4.69) is 0 Å². The molecule has 0 fully saturated rings. The summed E-state index contributed by atoms with van der Waals surface area (Å²) in [7, 11) is 0. The molecule has 2 rings (SSSR count). The summed E-state index contributed by atoms with van der Waals surface area (Å²) in [6, 6.07) is 3.41. The second-order valence-electron chi connectivity index (χ2n) is 4.36. The third-order valence-electron chi connectivity index (χ3n) is 2.83. The molecule has 0 bridgehead atoms. The summed E-state index contributed by atoms with van der Waals surface area (Å²) < 4.78 is 54.1. The van der Waals surface area contributed by atoms with Crippen molar-refractivity contribution in [1.82, 2.24) is 0 Å². The molecule has 21 heavy (non-hydrogen) atoms. The SMILES string of the molecule is Cc1ccc(F)c(NC(=O)c2cc(F)cc(N)c2F)c1F. The summed E-state index contributed by atoms with van der Waals surface area (Å²) in [5.41, 5.74) is 3.23. The molecule has 7 heteroatoms. The second kappa shape index (κ2) is 5.43. The number of nitrogen functional groups attached to an aromatic ring is 1. The van der Waals surface area contributed by atoms with E-state index in [0.717, 1.165) is 6.07 Å². The molecule has 2 aromatic carbocycles. The topological polar surface area (TPSA) is 55.1 Å². The van der Waals surface area contributed by atoms with Gasteiger partial charge in [-0.3, -0.25) is 4.79 Å². The van der Waals surface area contributed by atoms with E-state index in [1.165, 1.54) is 13.0 Å². The highest BCUT2D eigenvalue weighted by molar-refractivity contribution is 6.05. The third-order valence-corrected chi connectivity index (χ3v) is 2.83. The summed E-state index contributed by atoms with van der Waals surface area (Å²) in [5.74, 6) is -5.34. The highest BCUT2D eigenvalue weighted by atomic mass is 19.1. The quantitative estimate of drug-likeness (QED) is 0.659. The number of nitrogens with one attached hydrogen (secondary N) is 1. The van der Waals surface area contributed by atoms with Crippen molar-refractivity contribution in [1.29, 1.82) is 0 Å². The predicted molar refractivity (Wildman–Crippen MR) is 69.8 cm³/mol. The van der Waals surface area contributed by atoms with E-state index in [1.54, 1.807) is 0 Å². The first-order valence-electron chi connectivity index (χ1n) is 5.81. The van der Waals surface area contributed by atoms with Crippen molar-refractivity contribution in [2.24, 2.45) is 0 Å². The molecule has 3 N–H and O–H groups in total. The molecule has 0 saturated heterocycles. The van der Waals surface area contributed by atoms with Gasteiger partial charge in [0.05, 0.1) is 11.3 Å². The largest absolute Gasteiger partial charge is 0.396 e. The lowest BCUT2D eigenvalue weighted by atomic mass is 10.1. The van der Waals surface area contributed by atoms with E-state index in [4.69, 9.17) is 5.73 Å². The Morgan fingerprint density at radius 3 is 2.43 bits per heavy atom. The lowest BCUT2D eigenvalue weighted by molar-refractivity contribution is 0.102. The number of anilines is 2. The van der Waals surface area contributed by atoms with E-state index < -0.39 is 46.1 Å². The molecule has 0 aliphatic rings. The zero-order valence-corrected chi connectivity index (χ0v) is 10.8. The number of hydrogen-bond acceptors (Lipinski definition) is 2. The average molecular weight is 298 g/mol. The van der Waals surface area contributed by atoms with Gasteiger partial charge in [0.2, 0.25) is 0 Å². The summed E-state index contributed by atoms with van der Waals surface area (Å²) in [6.45, 7) is 1.37. The van der Waals surface area contributed by atoms with Crippen molar-refractivity contribution >= 4 is 17.3 Å². The molecule has 0 heterocycles. The van der Waals surface area contributed by atoms with Crippen LogP contribution >= 0.6 is 0 Å². The molecule has 0 spiro atoms. The number of rotatable bonds is 2. The molecule has 1 amide bonds. The summed E-state index contributed by atoms with van der Waals surface area (Å²) in [6.07, 6.45) is 0. The van der Waals surface area contributed by atoms with Crippen LogP contribution in [0, 0.1) is 30.2 Å². The first kappa shape index (κ1) is 14.8. The van der Waals surface area contributed by atoms with E-state index in [-0.39, 0.29) is 5.56 Å². The minimum Gasteiger partial charge on any atom is -0.396 e. The van der Waals surface area contributed by atoms with Crippen LogP contribution in [0.2, 0.25) is 0 Å². The van der Waals surface area contributed by atoms with Gasteiger partial charge in [0.15, 0.2) is 11.6 Å². The Bertz CT molecular complexity index is 731. The van der Waals surface area contributed by atoms with Crippen molar-refractivity contribution in [3.63, 3.8) is 0 Å². The number of hydrogen-bond donors (Lipinski definition) is 2. The van der Waals surface area contributed by atoms with Crippen LogP contribution in [0.1, 0.15) is 15.9 Å². The van der Waals surface area contributed by atoms with Crippen molar-refractivity contribution in [2.45, 2.75) is 6.92 Å². The maximum absolute atomic E-state index is 13.8. The van der Waals surface area contributed by atoms with Crippen LogP contribution in [0.15, 0.2) is 24.3 Å². The summed E-state index contributed by atoms with van der Waals surface area (Å²) in [4.78, 5) is 11.8. The molecule has 0 saturated carbocycles. The van der Waals surface area contributed by atoms with Gasteiger partial charge in [-0.1, -0.05) is 6.07 Å². The van der Waals surface area contributed by atoms with Crippen LogP contribution in [0.3, 0.4) is 0 Å². The van der Waals surface area contributed by atoms with Gasteiger partial charge in [0.25, 0.3) is 5.91 Å². The maximum Gasteiger partial charge on any atom is 0.258 e. The zero-order chi connectivity index (χ0) is 15.7. The van der Waals surface area contributed by atoms with Gasteiger partial charge in [-0.05, 0) is 30.7 Å². The van der Waals surface area contributed by atoms with Gasteiger partial charge in [0.1, 0.15) is 17.3 Å². The Labute approximate surface area is 117 Å². The highest BCUT2D eigenvalue weighted by Crippen LogP contribution is 2.24. The van der Waals surface area contributed by atoms with Crippen molar-refractivity contribution in [3.8, 4) is 0 Å². The molecule has 3 nitrogen and oxygen atoms in total. The standard InChI is InChI=1S/C14H10F4N2O/c1-6-2-3-9(16)13(11(6)17)20-14(21)8-4-7(15)5-10(19)12(8)18/h2-5H,19H2,1H3,(H,20,21). The lowest BCUT2D eigenvalue weighted by Gasteiger charge is -2.10. The van der Waals surface area contributed by atoms with E-state index >= 15 is 0 Å². The molecule has 110 valence electrons. The Balaban J connectivity index is 2.42. The first-order valence-corrected chi connectivity index (χ1v) is 5.81. The van der Waals surface area contributed by atoms with Crippen LogP contribution < -0.4 is 11.1 Å². The number of aryl methyl sites for hydroxylation is 1. The summed E-state index contributed by atoms with van der Waals surface area (Å²) in [5, 5.41) is 1.88. The number of benzene rings is 2. The molecule has 0 radical (unpaired) electrons. The van der Waals surface area contributed by atoms with Gasteiger partial charge in [-0.2, -0.15) is 0 Å². The lowest BCUT2D eigenvalue weighted by Crippen LogP contribution is -2.17. The Morgan fingerprint density at radius 1 is 1.10 bits per heavy atom. The van der Waals surface area contributed by atoms with E-state index in [1.807, 2.05) is 5.32 Å². The summed E-state index contributed by atoms with van der Waals surface area (Å²) >= 11 is 0. The normalized spacial score (nSPS) is 10.5. The van der Waals surface area contributed by atoms with E-state index in [0.29, 0.717) is 12.1 Å². The molecule has 0 atom stereocenters. The number of amides is 1. The fourth-order valence-corrected chi connectivity index (χ4v) is 1.73. The monoisotopic (exact) mass is 298 g/mol. The number of nitrogens with two attached hydrogens (primary N) is 1. The molecule has 0 unspecified atom stereocenters. The van der Waals surface area contributed by atoms with Gasteiger partial charge >= 0.3 is 0 Å². The number of carbonyl (C=O) groups excluding carboxylic acids is 1. The molecular weight excluding hydrogens is 288 g/mol. The van der Waals surface area contributed by atoms with Crippen molar-refractivity contribution in [3.05, 3.63) is 58.7 Å². The molecule has 0 aliphatic heterocycles. The molecule has 2 aromatic rings. The van der Waals surface area contributed by atoms with Crippen LogP contribution in [0.5, 0.6) is 0 Å². The smallest absolute Gasteiger partial charge is 0.258 e. The van der Waals surface area contributed by atoms with Crippen LogP contribution in [0.25, 0.3) is 0 Å². The molecule has 0 aliphatic carbocycles. The minimum absolute atomic E-state index is 0.0888. The van der Waals surface area contributed by atoms with Crippen molar-refractivity contribution in [2.75, 3.05) is 11.1 Å². The first-order chi connectivity index (χ1) is 9.81. The number of carbonyl (C=O) groups is 1. The van der Waals surface area contributed by atoms with Gasteiger partial charge in [-0.15, -0.1) is 0 Å². The second-order valence-corrected chi connectivity index (χ2v) is 4.36. The minimum atomic E-state index is -1.21. The van der Waals surface area contributed by atoms with Gasteiger partial charge in [-0.25, -0.2) is 17.6 Å². The van der Waals surface area contributed by atoms with Crippen LogP contribution in [0.4, 0.5) is 28.9 Å². The van der Waals surface area contributed by atoms with Crippen molar-refractivity contribution < 1.29 is 22.4 Å².